The summed E-state index contributed by atoms with van der Waals surface area (Å²) in [7, 11) is 0. The van der Waals surface area contributed by atoms with Gasteiger partial charge >= 0.3 is 0 Å². The smallest absolute Gasteiger partial charge is 0.192 e. The molecule has 0 aliphatic carbocycles. The third-order valence-electron chi connectivity index (χ3n) is 2.22. The van der Waals surface area contributed by atoms with E-state index in [0.29, 0.717) is 6.07 Å². The zero-order valence-electron chi connectivity index (χ0n) is 9.42. The largest absolute Gasteiger partial charge is 0.384 e. The Morgan fingerprint density at radius 1 is 1.19 bits per heavy atom. The Balaban J connectivity index is 3.06. The van der Waals surface area contributed by atoms with Crippen molar-refractivity contribution in [2.45, 2.75) is 26.9 Å². The Bertz CT molecular complexity index is 388. The van der Waals surface area contributed by atoms with Crippen molar-refractivity contribution in [3.05, 3.63) is 35.4 Å². The second-order valence-electron chi connectivity index (χ2n) is 4.79. The third kappa shape index (κ3) is 2.85. The van der Waals surface area contributed by atoms with Crippen LogP contribution in [-0.4, -0.2) is 17.0 Å². The van der Waals surface area contributed by atoms with Crippen LogP contribution in [0.25, 0.3) is 0 Å². The summed E-state index contributed by atoms with van der Waals surface area (Å²) in [6.07, 6.45) is -1.28. The van der Waals surface area contributed by atoms with Gasteiger partial charge in [-0.25, -0.2) is 8.78 Å². The fourth-order valence-corrected chi connectivity index (χ4v) is 1.25. The van der Waals surface area contributed by atoms with Crippen molar-refractivity contribution < 1.29 is 18.7 Å². The molecule has 0 heterocycles. The molecule has 1 aromatic carbocycles. The van der Waals surface area contributed by atoms with Gasteiger partial charge in [0.15, 0.2) is 5.78 Å². The van der Waals surface area contributed by atoms with Gasteiger partial charge in [-0.15, -0.1) is 0 Å². The van der Waals surface area contributed by atoms with E-state index >= 15 is 0 Å². The highest BCUT2D eigenvalue weighted by Crippen LogP contribution is 2.23. The van der Waals surface area contributed by atoms with Gasteiger partial charge in [0.25, 0.3) is 0 Å². The lowest BCUT2D eigenvalue weighted by Crippen LogP contribution is -2.34. The van der Waals surface area contributed by atoms with Gasteiger partial charge in [-0.3, -0.25) is 4.79 Å². The summed E-state index contributed by atoms with van der Waals surface area (Å²) in [6, 6.07) is 2.51. The molecule has 0 aliphatic rings. The molecule has 0 saturated carbocycles. The predicted octanol–water partition coefficient (Wildman–Crippen LogP) is 2.55. The van der Waals surface area contributed by atoms with Crippen LogP contribution in [0.15, 0.2) is 18.2 Å². The molecule has 4 heteroatoms. The Morgan fingerprint density at radius 3 is 2.00 bits per heavy atom. The molecule has 88 valence electrons. The van der Waals surface area contributed by atoms with Gasteiger partial charge < -0.3 is 5.11 Å². The van der Waals surface area contributed by atoms with E-state index in [1.54, 1.807) is 20.8 Å². The van der Waals surface area contributed by atoms with Gasteiger partial charge in [-0.2, -0.15) is 0 Å². The van der Waals surface area contributed by atoms with Gasteiger partial charge in [0, 0.05) is 11.6 Å². The molecule has 16 heavy (non-hydrogen) atoms. The molecule has 0 radical (unpaired) electrons. The molecule has 1 atom stereocenters. The number of ketones is 1. The number of carbonyl (C=O) groups excluding carboxylic acids is 1. The summed E-state index contributed by atoms with van der Waals surface area (Å²) in [4.78, 5) is 11.7. The fourth-order valence-electron chi connectivity index (χ4n) is 1.25. The fraction of sp³-hybridized carbons (Fsp3) is 0.417. The van der Waals surface area contributed by atoms with Gasteiger partial charge in [-0.1, -0.05) is 20.8 Å². The zero-order chi connectivity index (χ0) is 12.5. The maximum atomic E-state index is 12.9. The van der Waals surface area contributed by atoms with Crippen LogP contribution in [0, 0.1) is 17.0 Å². The molecule has 0 aromatic heterocycles. The Labute approximate surface area is 92.9 Å². The zero-order valence-corrected chi connectivity index (χ0v) is 9.42. The molecule has 1 N–H and O–H groups in total. The average molecular weight is 228 g/mol. The van der Waals surface area contributed by atoms with Gasteiger partial charge in [0.05, 0.1) is 0 Å². The minimum Gasteiger partial charge on any atom is -0.384 e. The lowest BCUT2D eigenvalue weighted by Gasteiger charge is -2.24. The van der Waals surface area contributed by atoms with Crippen molar-refractivity contribution >= 4 is 5.78 Å². The maximum absolute atomic E-state index is 12.9. The number of hydrogen-bond acceptors (Lipinski definition) is 2. The minimum absolute atomic E-state index is 0.153. The monoisotopic (exact) mass is 228 g/mol. The summed E-state index contributed by atoms with van der Waals surface area (Å²) in [5.41, 5.74) is -0.820. The molecule has 1 rings (SSSR count). The van der Waals surface area contributed by atoms with Crippen molar-refractivity contribution in [1.29, 1.82) is 0 Å². The van der Waals surface area contributed by atoms with Crippen LogP contribution in [0.2, 0.25) is 0 Å². The lowest BCUT2D eigenvalue weighted by atomic mass is 9.84. The molecule has 1 unspecified atom stereocenters. The standard InChI is InChI=1S/C12H14F2O2/c1-12(2,3)11(16)10(15)7-4-8(13)6-9(14)5-7/h4-6,11,16H,1-3H3. The van der Waals surface area contributed by atoms with E-state index in [2.05, 4.69) is 0 Å². The third-order valence-corrected chi connectivity index (χ3v) is 2.22. The van der Waals surface area contributed by atoms with Crippen molar-refractivity contribution in [1.82, 2.24) is 0 Å². The van der Waals surface area contributed by atoms with Crippen LogP contribution in [0.3, 0.4) is 0 Å². The van der Waals surface area contributed by atoms with Crippen LogP contribution in [0.5, 0.6) is 0 Å². The van der Waals surface area contributed by atoms with Crippen molar-refractivity contribution in [3.8, 4) is 0 Å². The highest BCUT2D eigenvalue weighted by Gasteiger charge is 2.30. The van der Waals surface area contributed by atoms with Gasteiger partial charge in [-0.05, 0) is 17.5 Å². The summed E-state index contributed by atoms with van der Waals surface area (Å²) in [5, 5.41) is 9.70. The number of aliphatic hydroxyl groups excluding tert-OH is 1. The summed E-state index contributed by atoms with van der Waals surface area (Å²) >= 11 is 0. The van der Waals surface area contributed by atoms with Crippen LogP contribution >= 0.6 is 0 Å². The first-order valence-electron chi connectivity index (χ1n) is 4.90. The molecular formula is C12H14F2O2. The summed E-state index contributed by atoms with van der Waals surface area (Å²) in [5.74, 6) is -2.33. The average Bonchev–Trinajstić information content (AvgIpc) is 2.12. The Morgan fingerprint density at radius 2 is 1.62 bits per heavy atom. The van der Waals surface area contributed by atoms with E-state index in [4.69, 9.17) is 0 Å². The molecule has 0 aliphatic heterocycles. The number of carbonyl (C=O) groups is 1. The first-order chi connectivity index (χ1) is 7.21. The first-order valence-corrected chi connectivity index (χ1v) is 4.90. The molecular weight excluding hydrogens is 214 g/mol. The number of halogens is 2. The van der Waals surface area contributed by atoms with E-state index in [1.165, 1.54) is 0 Å². The van der Waals surface area contributed by atoms with E-state index in [1.807, 2.05) is 0 Å². The first kappa shape index (κ1) is 12.8. The number of aliphatic hydroxyl groups is 1. The molecule has 0 fully saturated rings. The van der Waals surface area contributed by atoms with Gasteiger partial charge in [0.1, 0.15) is 17.7 Å². The normalized spacial score (nSPS) is 13.6. The van der Waals surface area contributed by atoms with Crippen LogP contribution < -0.4 is 0 Å². The molecule has 1 aromatic rings. The topological polar surface area (TPSA) is 37.3 Å². The molecule has 0 saturated heterocycles. The van der Waals surface area contributed by atoms with Crippen LogP contribution in [0.1, 0.15) is 31.1 Å². The Hall–Kier alpha value is -1.29. The van der Waals surface area contributed by atoms with Crippen molar-refractivity contribution in [2.75, 3.05) is 0 Å². The Kier molecular flexibility index (Phi) is 3.43. The number of Topliss-reactive ketones (excluding diaryl/α,β-unsaturated/α-hetero) is 1. The van der Waals surface area contributed by atoms with Crippen molar-refractivity contribution in [2.24, 2.45) is 5.41 Å². The molecule has 2 nitrogen and oxygen atoms in total. The molecule has 0 bridgehead atoms. The van der Waals surface area contributed by atoms with E-state index in [-0.39, 0.29) is 5.56 Å². The van der Waals surface area contributed by atoms with E-state index in [9.17, 15) is 18.7 Å². The second kappa shape index (κ2) is 4.29. The number of hydrogen-bond donors (Lipinski definition) is 1. The van der Waals surface area contributed by atoms with E-state index < -0.39 is 28.9 Å². The molecule has 0 amide bonds. The highest BCUT2D eigenvalue weighted by molar-refractivity contribution is 5.99. The number of benzene rings is 1. The number of rotatable bonds is 2. The van der Waals surface area contributed by atoms with Crippen LogP contribution in [0.4, 0.5) is 8.78 Å². The highest BCUT2D eigenvalue weighted by atomic mass is 19.1. The second-order valence-corrected chi connectivity index (χ2v) is 4.79. The van der Waals surface area contributed by atoms with Crippen LogP contribution in [-0.2, 0) is 0 Å². The lowest BCUT2D eigenvalue weighted by molar-refractivity contribution is 0.0442. The molecule has 0 spiro atoms. The van der Waals surface area contributed by atoms with Crippen molar-refractivity contribution in [3.63, 3.8) is 0 Å². The van der Waals surface area contributed by atoms with E-state index in [0.717, 1.165) is 12.1 Å². The minimum atomic E-state index is -1.28. The summed E-state index contributed by atoms with van der Waals surface area (Å²) < 4.78 is 25.7. The SMILES string of the molecule is CC(C)(C)C(O)C(=O)c1cc(F)cc(F)c1. The van der Waals surface area contributed by atoms with Gasteiger partial charge in [0.2, 0.25) is 0 Å². The summed E-state index contributed by atoms with van der Waals surface area (Å²) in [6.45, 7) is 5.02. The maximum Gasteiger partial charge on any atom is 0.192 e. The predicted molar refractivity (Wildman–Crippen MR) is 56.2 cm³/mol. The quantitative estimate of drug-likeness (QED) is 0.790.